The van der Waals surface area contributed by atoms with E-state index in [9.17, 15) is 4.79 Å². The second-order valence-electron chi connectivity index (χ2n) is 7.54. The van der Waals surface area contributed by atoms with Gasteiger partial charge in [0, 0.05) is 25.2 Å². The molecule has 1 N–H and O–H groups in total. The minimum atomic E-state index is -0.420. The minimum absolute atomic E-state index is 0.172. The lowest BCUT2D eigenvalue weighted by molar-refractivity contribution is 0.0240. The molecule has 0 aromatic rings. The van der Waals surface area contributed by atoms with Gasteiger partial charge < -0.3 is 15.0 Å². The Morgan fingerprint density at radius 1 is 1.33 bits per heavy atom. The van der Waals surface area contributed by atoms with Crippen LogP contribution < -0.4 is 5.32 Å². The summed E-state index contributed by atoms with van der Waals surface area (Å²) in [6.45, 7) is 14.1. The maximum absolute atomic E-state index is 12.3. The Balaban J connectivity index is 2.61. The van der Waals surface area contributed by atoms with Crippen LogP contribution in [0.5, 0.6) is 0 Å². The number of hydrogen-bond acceptors (Lipinski definition) is 3. The summed E-state index contributed by atoms with van der Waals surface area (Å²) < 4.78 is 5.52. The van der Waals surface area contributed by atoms with Gasteiger partial charge in [-0.25, -0.2) is 4.79 Å². The smallest absolute Gasteiger partial charge is 0.410 e. The zero-order chi connectivity index (χ0) is 16.0. The second-order valence-corrected chi connectivity index (χ2v) is 7.54. The third-order valence-electron chi connectivity index (χ3n) is 4.02. The van der Waals surface area contributed by atoms with Gasteiger partial charge >= 0.3 is 6.09 Å². The molecule has 0 bridgehead atoms. The number of carbonyl (C=O) groups excluding carboxylic acids is 1. The number of carbonyl (C=O) groups is 1. The third-order valence-corrected chi connectivity index (χ3v) is 4.02. The van der Waals surface area contributed by atoms with Crippen LogP contribution >= 0.6 is 0 Å². The Morgan fingerprint density at radius 3 is 2.52 bits per heavy atom. The molecule has 0 radical (unpaired) electrons. The summed E-state index contributed by atoms with van der Waals surface area (Å²) in [7, 11) is 0. The van der Waals surface area contributed by atoms with Gasteiger partial charge in [0.05, 0.1) is 0 Å². The maximum Gasteiger partial charge on any atom is 0.410 e. The lowest BCUT2D eigenvalue weighted by Crippen LogP contribution is -2.48. The molecule has 1 amide bonds. The van der Waals surface area contributed by atoms with Gasteiger partial charge in [-0.1, -0.05) is 27.2 Å². The van der Waals surface area contributed by atoms with Crippen LogP contribution in [0, 0.1) is 5.92 Å². The fraction of sp³-hybridized carbons (Fsp3) is 0.941. The van der Waals surface area contributed by atoms with Gasteiger partial charge in [0.2, 0.25) is 0 Å². The Labute approximate surface area is 130 Å². The van der Waals surface area contributed by atoms with Gasteiger partial charge in [0.1, 0.15) is 5.60 Å². The number of nitrogens with zero attached hydrogens (tertiary/aromatic N) is 1. The number of likely N-dealkylation sites (tertiary alicyclic amines) is 1. The molecule has 4 nitrogen and oxygen atoms in total. The fourth-order valence-electron chi connectivity index (χ4n) is 2.85. The Bertz CT molecular complexity index is 323. The van der Waals surface area contributed by atoms with Crippen molar-refractivity contribution in [1.29, 1.82) is 0 Å². The summed E-state index contributed by atoms with van der Waals surface area (Å²) in [5, 5.41) is 3.74. The second kappa shape index (κ2) is 8.02. The van der Waals surface area contributed by atoms with Crippen molar-refractivity contribution in [3.05, 3.63) is 0 Å². The first-order valence-corrected chi connectivity index (χ1v) is 8.47. The summed E-state index contributed by atoms with van der Waals surface area (Å²) in [4.78, 5) is 14.2. The van der Waals surface area contributed by atoms with Crippen LogP contribution in [-0.2, 0) is 4.74 Å². The summed E-state index contributed by atoms with van der Waals surface area (Å²) in [5.74, 6) is 0.619. The fourth-order valence-corrected chi connectivity index (χ4v) is 2.85. The highest BCUT2D eigenvalue weighted by Gasteiger charge is 2.27. The van der Waals surface area contributed by atoms with Crippen molar-refractivity contribution in [3.8, 4) is 0 Å². The van der Waals surface area contributed by atoms with Gasteiger partial charge in [-0.05, 0) is 46.0 Å². The number of ether oxygens (including phenoxy) is 1. The Morgan fingerprint density at radius 2 is 2.00 bits per heavy atom. The third kappa shape index (κ3) is 6.68. The predicted molar refractivity (Wildman–Crippen MR) is 87.5 cm³/mol. The van der Waals surface area contributed by atoms with Crippen LogP contribution in [0.2, 0.25) is 0 Å². The van der Waals surface area contributed by atoms with Gasteiger partial charge in [0.15, 0.2) is 0 Å². The van der Waals surface area contributed by atoms with Gasteiger partial charge in [-0.15, -0.1) is 0 Å². The first-order valence-electron chi connectivity index (χ1n) is 8.47. The van der Waals surface area contributed by atoms with E-state index in [0.29, 0.717) is 18.0 Å². The monoisotopic (exact) mass is 298 g/mol. The molecule has 124 valence electrons. The normalized spacial score (nSPS) is 22.0. The summed E-state index contributed by atoms with van der Waals surface area (Å²) in [5.41, 5.74) is -0.420. The molecule has 1 fully saturated rings. The quantitative estimate of drug-likeness (QED) is 0.858. The van der Waals surface area contributed by atoms with Crippen molar-refractivity contribution in [2.24, 2.45) is 5.92 Å². The van der Waals surface area contributed by atoms with Crippen LogP contribution in [0.4, 0.5) is 4.79 Å². The molecule has 0 saturated carbocycles. The number of rotatable bonds is 4. The van der Waals surface area contributed by atoms with E-state index in [4.69, 9.17) is 4.74 Å². The average Bonchev–Trinajstić information content (AvgIpc) is 2.58. The lowest BCUT2D eigenvalue weighted by Gasteiger charge is -2.31. The molecule has 1 aliphatic rings. The van der Waals surface area contributed by atoms with E-state index in [1.165, 1.54) is 6.42 Å². The van der Waals surface area contributed by atoms with Crippen molar-refractivity contribution >= 4 is 6.09 Å². The summed E-state index contributed by atoms with van der Waals surface area (Å²) in [6.07, 6.45) is 4.33. The first kappa shape index (κ1) is 18.3. The molecule has 0 aromatic heterocycles. The number of nitrogens with one attached hydrogen (secondary N) is 1. The number of amides is 1. The van der Waals surface area contributed by atoms with Crippen LogP contribution in [0.1, 0.15) is 67.2 Å². The molecule has 0 spiro atoms. The predicted octanol–water partition coefficient (Wildman–Crippen LogP) is 3.80. The Kier molecular flexibility index (Phi) is 6.98. The van der Waals surface area contributed by atoms with E-state index in [2.05, 4.69) is 26.1 Å². The van der Waals surface area contributed by atoms with E-state index in [1.54, 1.807) is 0 Å². The molecule has 21 heavy (non-hydrogen) atoms. The first-order chi connectivity index (χ1) is 9.73. The van der Waals surface area contributed by atoms with E-state index in [0.717, 1.165) is 32.4 Å². The topological polar surface area (TPSA) is 41.6 Å². The molecule has 4 heteroatoms. The minimum Gasteiger partial charge on any atom is -0.444 e. The van der Waals surface area contributed by atoms with Gasteiger partial charge in [-0.3, -0.25) is 0 Å². The summed E-state index contributed by atoms with van der Waals surface area (Å²) >= 11 is 0. The zero-order valence-corrected chi connectivity index (χ0v) is 14.7. The highest BCUT2D eigenvalue weighted by Crippen LogP contribution is 2.17. The molecule has 1 saturated heterocycles. The van der Waals surface area contributed by atoms with Crippen molar-refractivity contribution in [2.75, 3.05) is 13.1 Å². The molecule has 1 aliphatic heterocycles. The highest BCUT2D eigenvalue weighted by atomic mass is 16.6. The van der Waals surface area contributed by atoms with Crippen molar-refractivity contribution in [1.82, 2.24) is 10.2 Å². The SMILES string of the molecule is CCC(NC1CCCCN(C(=O)OC(C)(C)C)C1)C(C)C. The molecule has 2 unspecified atom stereocenters. The molecule has 0 aromatic carbocycles. The van der Waals surface area contributed by atoms with E-state index >= 15 is 0 Å². The molecule has 0 aliphatic carbocycles. The van der Waals surface area contributed by atoms with Crippen LogP contribution in [0.3, 0.4) is 0 Å². The van der Waals surface area contributed by atoms with E-state index in [1.807, 2.05) is 25.7 Å². The van der Waals surface area contributed by atoms with Crippen molar-refractivity contribution in [2.45, 2.75) is 84.9 Å². The zero-order valence-electron chi connectivity index (χ0n) is 14.7. The largest absolute Gasteiger partial charge is 0.444 e. The molecule has 1 rings (SSSR count). The highest BCUT2D eigenvalue weighted by molar-refractivity contribution is 5.68. The number of hydrogen-bond donors (Lipinski definition) is 1. The van der Waals surface area contributed by atoms with Crippen LogP contribution in [0.25, 0.3) is 0 Å². The standard InChI is InChI=1S/C17H34N2O2/c1-7-15(13(2)3)18-14-10-8-9-11-19(12-14)16(20)21-17(4,5)6/h13-15,18H,7-12H2,1-6H3. The molecule has 2 atom stereocenters. The maximum atomic E-state index is 12.3. The Hall–Kier alpha value is -0.770. The van der Waals surface area contributed by atoms with Gasteiger partial charge in [0.25, 0.3) is 0 Å². The van der Waals surface area contributed by atoms with E-state index in [-0.39, 0.29) is 6.09 Å². The van der Waals surface area contributed by atoms with E-state index < -0.39 is 5.60 Å². The van der Waals surface area contributed by atoms with Crippen molar-refractivity contribution in [3.63, 3.8) is 0 Å². The van der Waals surface area contributed by atoms with Crippen LogP contribution in [0.15, 0.2) is 0 Å². The summed E-state index contributed by atoms with van der Waals surface area (Å²) in [6, 6.07) is 0.904. The van der Waals surface area contributed by atoms with Gasteiger partial charge in [-0.2, -0.15) is 0 Å². The average molecular weight is 298 g/mol. The lowest BCUT2D eigenvalue weighted by atomic mass is 9.99. The van der Waals surface area contributed by atoms with Crippen molar-refractivity contribution < 1.29 is 9.53 Å². The molecular formula is C17H34N2O2. The molecule has 1 heterocycles. The van der Waals surface area contributed by atoms with Crippen LogP contribution in [-0.4, -0.2) is 41.8 Å². The molecular weight excluding hydrogens is 264 g/mol.